The Morgan fingerprint density at radius 3 is 2.51 bits per heavy atom. The van der Waals surface area contributed by atoms with Crippen molar-refractivity contribution in [3.05, 3.63) is 75.3 Å². The number of aliphatic imine (C=N–C) groups is 1. The SMILES string of the molecule is COC(=O)c1cc2c(s1)N=C(c1ccc(F)cc1)N(C)P2(=Nc1ccc(Br)cc1)N1CCOCC1. The number of benzene rings is 2. The van der Waals surface area contributed by atoms with Crippen LogP contribution in [-0.4, -0.2) is 61.6 Å². The van der Waals surface area contributed by atoms with Crippen molar-refractivity contribution in [1.82, 2.24) is 9.34 Å². The zero-order valence-corrected chi connectivity index (χ0v) is 22.4. The fourth-order valence-electron chi connectivity index (χ4n) is 4.21. The first-order valence-corrected chi connectivity index (χ1v) is 14.2. The normalized spacial score (nSPS) is 20.2. The van der Waals surface area contributed by atoms with Crippen molar-refractivity contribution in [3.8, 4) is 0 Å². The monoisotopic (exact) mass is 576 g/mol. The summed E-state index contributed by atoms with van der Waals surface area (Å²) in [7, 11) is 0.678. The van der Waals surface area contributed by atoms with Crippen molar-refractivity contribution in [2.24, 2.45) is 9.74 Å². The van der Waals surface area contributed by atoms with E-state index in [9.17, 15) is 9.18 Å². The fourth-order valence-corrected chi connectivity index (χ4v) is 9.50. The average molecular weight is 577 g/mol. The number of methoxy groups -OCH3 is 1. The first-order chi connectivity index (χ1) is 16.9. The molecule has 2 aliphatic heterocycles. The van der Waals surface area contributed by atoms with Crippen LogP contribution in [0.2, 0.25) is 0 Å². The number of nitrogens with zero attached hydrogens (tertiary/aromatic N) is 4. The minimum Gasteiger partial charge on any atom is -0.465 e. The molecule has 182 valence electrons. The predicted molar refractivity (Wildman–Crippen MR) is 141 cm³/mol. The maximum absolute atomic E-state index is 13.7. The highest BCUT2D eigenvalue weighted by Crippen LogP contribution is 2.62. The van der Waals surface area contributed by atoms with E-state index in [0.717, 1.165) is 21.0 Å². The Balaban J connectivity index is 1.80. The molecule has 0 saturated carbocycles. The lowest BCUT2D eigenvalue weighted by atomic mass is 10.2. The molecule has 5 rings (SSSR count). The van der Waals surface area contributed by atoms with Crippen LogP contribution in [0.1, 0.15) is 15.2 Å². The molecule has 0 N–H and O–H groups in total. The number of halogens is 2. The van der Waals surface area contributed by atoms with Crippen LogP contribution in [0.5, 0.6) is 0 Å². The van der Waals surface area contributed by atoms with Gasteiger partial charge >= 0.3 is 5.97 Å². The zero-order valence-electron chi connectivity index (χ0n) is 19.1. The second-order valence-corrected chi connectivity index (χ2v) is 12.9. The van der Waals surface area contributed by atoms with E-state index in [4.69, 9.17) is 19.2 Å². The number of rotatable bonds is 4. The number of thiophene rings is 1. The summed E-state index contributed by atoms with van der Waals surface area (Å²) in [6, 6.07) is 16.0. The molecule has 0 aliphatic carbocycles. The molecule has 3 aromatic rings. The van der Waals surface area contributed by atoms with Crippen molar-refractivity contribution >= 4 is 62.4 Å². The fraction of sp³-hybridized carbons (Fsp3) is 0.250. The van der Waals surface area contributed by atoms with E-state index in [-0.39, 0.29) is 5.82 Å². The van der Waals surface area contributed by atoms with Crippen molar-refractivity contribution in [2.45, 2.75) is 0 Å². The maximum Gasteiger partial charge on any atom is 0.348 e. The minimum atomic E-state index is -2.67. The van der Waals surface area contributed by atoms with Gasteiger partial charge in [0.2, 0.25) is 0 Å². The van der Waals surface area contributed by atoms with Crippen LogP contribution in [0.25, 0.3) is 0 Å². The molecule has 2 aliphatic rings. The van der Waals surface area contributed by atoms with E-state index in [0.29, 0.717) is 42.0 Å². The molecule has 1 atom stereocenters. The lowest BCUT2D eigenvalue weighted by Crippen LogP contribution is -2.45. The molecule has 1 aromatic heterocycles. The van der Waals surface area contributed by atoms with E-state index in [1.165, 1.54) is 30.6 Å². The van der Waals surface area contributed by atoms with Gasteiger partial charge in [0.25, 0.3) is 0 Å². The topological polar surface area (TPSA) is 66.7 Å². The Morgan fingerprint density at radius 1 is 1.17 bits per heavy atom. The van der Waals surface area contributed by atoms with Crippen LogP contribution in [0, 0.1) is 5.82 Å². The number of fused-ring (bicyclic) bond motifs is 1. The Morgan fingerprint density at radius 2 is 1.86 bits per heavy atom. The Bertz CT molecular complexity index is 1340. The van der Waals surface area contributed by atoms with E-state index >= 15 is 0 Å². The van der Waals surface area contributed by atoms with Gasteiger partial charge in [0.1, 0.15) is 21.5 Å². The smallest absolute Gasteiger partial charge is 0.348 e. The molecule has 3 heterocycles. The van der Waals surface area contributed by atoms with Gasteiger partial charge in [0.15, 0.2) is 7.36 Å². The first-order valence-electron chi connectivity index (χ1n) is 10.9. The number of ether oxygens (including phenoxy) is 2. The molecule has 2 aromatic carbocycles. The standard InChI is InChI=1S/C24H23BrFN4O3PS/c1-29-22(16-3-7-18(26)8-4-16)27-23-20(15-21(35-23)24(31)32-2)34(29,30-11-13-33-14-12-30)28-19-9-5-17(25)6-10-19/h3-10,15H,11-14H2,1-2H3. The quantitative estimate of drug-likeness (QED) is 0.291. The summed E-state index contributed by atoms with van der Waals surface area (Å²) in [6.07, 6.45) is 0. The van der Waals surface area contributed by atoms with Crippen LogP contribution in [0.4, 0.5) is 15.1 Å². The van der Waals surface area contributed by atoms with Gasteiger partial charge < -0.3 is 14.1 Å². The van der Waals surface area contributed by atoms with Gasteiger partial charge in [-0.1, -0.05) is 15.9 Å². The molecule has 35 heavy (non-hydrogen) atoms. The van der Waals surface area contributed by atoms with E-state index in [1.54, 1.807) is 12.1 Å². The van der Waals surface area contributed by atoms with Gasteiger partial charge in [0, 0.05) is 30.2 Å². The largest absolute Gasteiger partial charge is 0.465 e. The molecule has 0 amide bonds. The van der Waals surface area contributed by atoms with Crippen LogP contribution in [-0.2, 0) is 9.47 Å². The van der Waals surface area contributed by atoms with Gasteiger partial charge in [-0.15, -0.1) is 11.3 Å². The highest BCUT2D eigenvalue weighted by atomic mass is 79.9. The van der Waals surface area contributed by atoms with Crippen molar-refractivity contribution in [3.63, 3.8) is 0 Å². The van der Waals surface area contributed by atoms with Crippen LogP contribution in [0.15, 0.2) is 68.8 Å². The summed E-state index contributed by atoms with van der Waals surface area (Å²) in [5, 5.41) is 1.62. The maximum atomic E-state index is 13.7. The highest BCUT2D eigenvalue weighted by Gasteiger charge is 2.43. The zero-order chi connectivity index (χ0) is 24.6. The van der Waals surface area contributed by atoms with Gasteiger partial charge in [-0.3, -0.25) is 0 Å². The Hall–Kier alpha value is -2.36. The Labute approximate surface area is 215 Å². The van der Waals surface area contributed by atoms with Gasteiger partial charge in [-0.05, 0) is 54.6 Å². The highest BCUT2D eigenvalue weighted by molar-refractivity contribution is 9.10. The molecule has 0 bridgehead atoms. The summed E-state index contributed by atoms with van der Waals surface area (Å²) >= 11 is 4.79. The van der Waals surface area contributed by atoms with Crippen molar-refractivity contribution < 1.29 is 18.7 Å². The number of esters is 1. The average Bonchev–Trinajstić information content (AvgIpc) is 3.32. The third-order valence-corrected chi connectivity index (χ3v) is 11.3. The molecular weight excluding hydrogens is 554 g/mol. The number of carbonyl (C=O) groups excluding carboxylic acids is 1. The van der Waals surface area contributed by atoms with Crippen LogP contribution < -0.4 is 5.30 Å². The lowest BCUT2D eigenvalue weighted by Gasteiger charge is -2.46. The molecule has 0 radical (unpaired) electrons. The Kier molecular flexibility index (Phi) is 6.92. The van der Waals surface area contributed by atoms with Crippen LogP contribution >= 0.6 is 34.6 Å². The lowest BCUT2D eigenvalue weighted by molar-refractivity contribution is 0.0606. The summed E-state index contributed by atoms with van der Waals surface area (Å²) in [6.45, 7) is 2.52. The third-order valence-electron chi connectivity index (χ3n) is 5.90. The van der Waals surface area contributed by atoms with E-state index < -0.39 is 13.3 Å². The number of amidine groups is 1. The summed E-state index contributed by atoms with van der Waals surface area (Å²) < 4.78 is 35.3. The van der Waals surface area contributed by atoms with Crippen molar-refractivity contribution in [1.29, 1.82) is 0 Å². The number of carbonyl (C=O) groups is 1. The predicted octanol–water partition coefficient (Wildman–Crippen LogP) is 5.78. The molecule has 7 nitrogen and oxygen atoms in total. The van der Waals surface area contributed by atoms with E-state index in [1.807, 2.05) is 37.4 Å². The summed E-state index contributed by atoms with van der Waals surface area (Å²) in [5.74, 6) is -0.0443. The second kappa shape index (κ2) is 9.95. The number of morpholine rings is 1. The molecule has 1 unspecified atom stereocenters. The molecule has 1 fully saturated rings. The first kappa shape index (κ1) is 24.3. The molecule has 0 spiro atoms. The molecule has 11 heteroatoms. The number of hydrogen-bond acceptors (Lipinski definition) is 6. The number of hydrogen-bond donors (Lipinski definition) is 0. The van der Waals surface area contributed by atoms with Gasteiger partial charge in [0.05, 0.1) is 31.3 Å². The van der Waals surface area contributed by atoms with Crippen LogP contribution in [0.3, 0.4) is 0 Å². The van der Waals surface area contributed by atoms with E-state index in [2.05, 4.69) is 25.3 Å². The van der Waals surface area contributed by atoms with Gasteiger partial charge in [-0.2, -0.15) is 0 Å². The summed E-state index contributed by atoms with van der Waals surface area (Å²) in [5.41, 5.74) is 1.59. The third kappa shape index (κ3) is 4.49. The van der Waals surface area contributed by atoms with Gasteiger partial charge in [-0.25, -0.2) is 23.6 Å². The molecule has 1 saturated heterocycles. The molecular formula is C24H23BrFN4O3PS. The van der Waals surface area contributed by atoms with Crippen molar-refractivity contribution in [2.75, 3.05) is 40.5 Å². The summed E-state index contributed by atoms with van der Waals surface area (Å²) in [4.78, 5) is 17.9. The second-order valence-electron chi connectivity index (χ2n) is 7.97. The minimum absolute atomic E-state index is 0.314.